The molecule has 1 atom stereocenters. The van der Waals surface area contributed by atoms with E-state index in [9.17, 15) is 4.79 Å². The number of hydrogen-bond acceptors (Lipinski definition) is 6. The SMILES string of the molecule is CC1OCCc2c(NCc3ccccc3)nc(Cc3cnc4c(C(N)=O)cccn34)nc21. The van der Waals surface area contributed by atoms with Gasteiger partial charge in [-0.1, -0.05) is 30.3 Å². The number of primary amides is 1. The number of hydrogen-bond donors (Lipinski definition) is 2. The zero-order chi connectivity index (χ0) is 22.1. The molecule has 5 rings (SSSR count). The normalized spacial score (nSPS) is 15.5. The molecule has 0 bridgehead atoms. The number of carbonyl (C=O) groups is 1. The first-order chi connectivity index (χ1) is 15.6. The molecule has 32 heavy (non-hydrogen) atoms. The van der Waals surface area contributed by atoms with Gasteiger partial charge in [0.15, 0.2) is 0 Å². The third kappa shape index (κ3) is 3.80. The lowest BCUT2D eigenvalue weighted by atomic mass is 10.0. The van der Waals surface area contributed by atoms with E-state index in [-0.39, 0.29) is 6.10 Å². The number of pyridine rings is 1. The van der Waals surface area contributed by atoms with Crippen molar-refractivity contribution in [3.05, 3.63) is 88.8 Å². The van der Waals surface area contributed by atoms with Gasteiger partial charge >= 0.3 is 0 Å². The van der Waals surface area contributed by atoms with Gasteiger partial charge in [0.1, 0.15) is 17.3 Å². The second-order valence-electron chi connectivity index (χ2n) is 7.86. The highest BCUT2D eigenvalue weighted by Crippen LogP contribution is 2.30. The van der Waals surface area contributed by atoms with Crippen molar-refractivity contribution in [3.63, 3.8) is 0 Å². The van der Waals surface area contributed by atoms with Crippen molar-refractivity contribution in [2.75, 3.05) is 11.9 Å². The van der Waals surface area contributed by atoms with Crippen LogP contribution in [0.5, 0.6) is 0 Å². The van der Waals surface area contributed by atoms with Gasteiger partial charge in [0.25, 0.3) is 5.91 Å². The summed E-state index contributed by atoms with van der Waals surface area (Å²) >= 11 is 0. The number of anilines is 1. The largest absolute Gasteiger partial charge is 0.372 e. The number of amides is 1. The van der Waals surface area contributed by atoms with Gasteiger partial charge in [-0.3, -0.25) is 4.79 Å². The van der Waals surface area contributed by atoms with Crippen LogP contribution in [0.3, 0.4) is 0 Å². The number of carbonyl (C=O) groups excluding carboxylic acids is 1. The summed E-state index contributed by atoms with van der Waals surface area (Å²) in [7, 11) is 0. The average Bonchev–Trinajstić information content (AvgIpc) is 3.21. The molecule has 1 unspecified atom stereocenters. The van der Waals surface area contributed by atoms with E-state index in [1.807, 2.05) is 35.7 Å². The van der Waals surface area contributed by atoms with E-state index in [0.717, 1.165) is 29.2 Å². The monoisotopic (exact) mass is 428 g/mol. The Hall–Kier alpha value is -3.78. The van der Waals surface area contributed by atoms with Gasteiger partial charge in [0.2, 0.25) is 0 Å². The van der Waals surface area contributed by atoms with Crippen LogP contribution >= 0.6 is 0 Å². The van der Waals surface area contributed by atoms with E-state index >= 15 is 0 Å². The lowest BCUT2D eigenvalue weighted by Crippen LogP contribution is -2.21. The van der Waals surface area contributed by atoms with Gasteiger partial charge in [-0.05, 0) is 24.6 Å². The number of rotatable bonds is 6. The van der Waals surface area contributed by atoms with Crippen LogP contribution < -0.4 is 11.1 Å². The zero-order valence-electron chi connectivity index (χ0n) is 17.8. The first kappa shape index (κ1) is 20.1. The summed E-state index contributed by atoms with van der Waals surface area (Å²) in [5.74, 6) is 1.01. The van der Waals surface area contributed by atoms with Crippen molar-refractivity contribution in [3.8, 4) is 0 Å². The number of ether oxygens (including phenoxy) is 1. The molecule has 3 aromatic heterocycles. The Morgan fingerprint density at radius 1 is 1.22 bits per heavy atom. The van der Waals surface area contributed by atoms with Crippen LogP contribution in [-0.4, -0.2) is 31.9 Å². The molecule has 0 saturated carbocycles. The first-order valence-corrected chi connectivity index (χ1v) is 10.6. The molecule has 0 radical (unpaired) electrons. The number of aromatic nitrogens is 4. The van der Waals surface area contributed by atoms with Crippen molar-refractivity contribution in [1.29, 1.82) is 0 Å². The fraction of sp³-hybridized carbons (Fsp3) is 0.250. The molecular formula is C24H24N6O2. The Labute approximate surface area is 185 Å². The summed E-state index contributed by atoms with van der Waals surface area (Å²) in [5, 5.41) is 3.50. The lowest BCUT2D eigenvalue weighted by molar-refractivity contribution is 0.0518. The fourth-order valence-corrected chi connectivity index (χ4v) is 4.10. The van der Waals surface area contributed by atoms with E-state index in [1.54, 1.807) is 18.3 Å². The maximum Gasteiger partial charge on any atom is 0.252 e. The van der Waals surface area contributed by atoms with Gasteiger partial charge < -0.3 is 20.2 Å². The topological polar surface area (TPSA) is 107 Å². The molecule has 0 fully saturated rings. The molecule has 1 aliphatic heterocycles. The number of nitrogens with one attached hydrogen (secondary N) is 1. The Morgan fingerprint density at radius 2 is 2.06 bits per heavy atom. The Balaban J connectivity index is 1.50. The summed E-state index contributed by atoms with van der Waals surface area (Å²) in [4.78, 5) is 25.8. The molecule has 4 aromatic rings. The summed E-state index contributed by atoms with van der Waals surface area (Å²) < 4.78 is 7.70. The molecule has 8 heteroatoms. The Bertz CT molecular complexity index is 1280. The van der Waals surface area contributed by atoms with E-state index in [0.29, 0.717) is 36.6 Å². The minimum atomic E-state index is -0.504. The predicted molar refractivity (Wildman–Crippen MR) is 120 cm³/mol. The molecule has 0 spiro atoms. The van der Waals surface area contributed by atoms with Crippen molar-refractivity contribution < 1.29 is 9.53 Å². The first-order valence-electron chi connectivity index (χ1n) is 10.6. The molecule has 1 aliphatic rings. The standard InChI is InChI=1S/C24H24N6O2/c1-15-21-18(9-11-32-15)23(26-13-16-6-3-2-4-7-16)29-20(28-21)12-17-14-27-24-19(22(25)31)8-5-10-30(17)24/h2-8,10,14-15H,9,11-13H2,1H3,(H2,25,31)(H,26,28,29). The number of imidazole rings is 1. The molecule has 1 aromatic carbocycles. The average molecular weight is 428 g/mol. The number of nitrogens with two attached hydrogens (primary N) is 1. The van der Waals surface area contributed by atoms with Crippen LogP contribution in [0, 0.1) is 0 Å². The molecule has 8 nitrogen and oxygen atoms in total. The second kappa shape index (κ2) is 8.39. The van der Waals surface area contributed by atoms with Crippen molar-refractivity contribution >= 4 is 17.4 Å². The maximum atomic E-state index is 11.7. The highest BCUT2D eigenvalue weighted by molar-refractivity contribution is 5.98. The van der Waals surface area contributed by atoms with E-state index < -0.39 is 5.91 Å². The summed E-state index contributed by atoms with van der Waals surface area (Å²) in [6.45, 7) is 3.35. The van der Waals surface area contributed by atoms with Gasteiger partial charge in [-0.15, -0.1) is 0 Å². The Morgan fingerprint density at radius 3 is 2.88 bits per heavy atom. The van der Waals surface area contributed by atoms with E-state index in [4.69, 9.17) is 20.4 Å². The van der Waals surface area contributed by atoms with Crippen LogP contribution in [-0.2, 0) is 24.1 Å². The highest BCUT2D eigenvalue weighted by atomic mass is 16.5. The molecule has 162 valence electrons. The van der Waals surface area contributed by atoms with Gasteiger partial charge in [-0.25, -0.2) is 15.0 Å². The minimum Gasteiger partial charge on any atom is -0.372 e. The van der Waals surface area contributed by atoms with Crippen LogP contribution in [0.15, 0.2) is 54.9 Å². The smallest absolute Gasteiger partial charge is 0.252 e. The molecule has 1 amide bonds. The van der Waals surface area contributed by atoms with E-state index in [2.05, 4.69) is 22.4 Å². The molecular weight excluding hydrogens is 404 g/mol. The van der Waals surface area contributed by atoms with Crippen molar-refractivity contribution in [2.45, 2.75) is 32.4 Å². The molecule has 0 aliphatic carbocycles. The van der Waals surface area contributed by atoms with Crippen LogP contribution in [0.1, 0.15) is 51.7 Å². The number of benzene rings is 1. The summed E-state index contributed by atoms with van der Waals surface area (Å²) in [5.41, 5.74) is 10.5. The van der Waals surface area contributed by atoms with Crippen LogP contribution in [0.25, 0.3) is 5.65 Å². The van der Waals surface area contributed by atoms with Crippen molar-refractivity contribution in [2.24, 2.45) is 5.73 Å². The molecule has 3 N–H and O–H groups in total. The van der Waals surface area contributed by atoms with Crippen LogP contribution in [0.2, 0.25) is 0 Å². The summed E-state index contributed by atoms with van der Waals surface area (Å²) in [6.07, 6.45) is 4.74. The van der Waals surface area contributed by atoms with E-state index in [1.165, 1.54) is 5.56 Å². The molecule has 4 heterocycles. The quantitative estimate of drug-likeness (QED) is 0.489. The maximum absolute atomic E-state index is 11.7. The number of nitrogens with zero attached hydrogens (tertiary/aromatic N) is 4. The minimum absolute atomic E-state index is 0.0959. The van der Waals surface area contributed by atoms with Crippen LogP contribution in [0.4, 0.5) is 5.82 Å². The summed E-state index contributed by atoms with van der Waals surface area (Å²) in [6, 6.07) is 13.7. The third-order valence-electron chi connectivity index (χ3n) is 5.71. The molecule has 0 saturated heterocycles. The Kier molecular flexibility index (Phi) is 5.28. The highest BCUT2D eigenvalue weighted by Gasteiger charge is 2.24. The van der Waals surface area contributed by atoms with Gasteiger partial charge in [0, 0.05) is 30.9 Å². The lowest BCUT2D eigenvalue weighted by Gasteiger charge is -2.25. The fourth-order valence-electron chi connectivity index (χ4n) is 4.10. The predicted octanol–water partition coefficient (Wildman–Crippen LogP) is 3.06. The third-order valence-corrected chi connectivity index (χ3v) is 5.71. The van der Waals surface area contributed by atoms with Gasteiger partial charge in [-0.2, -0.15) is 0 Å². The van der Waals surface area contributed by atoms with Gasteiger partial charge in [0.05, 0.1) is 36.1 Å². The number of fused-ring (bicyclic) bond motifs is 2. The zero-order valence-corrected chi connectivity index (χ0v) is 17.8. The van der Waals surface area contributed by atoms with Crippen molar-refractivity contribution in [1.82, 2.24) is 19.4 Å². The second-order valence-corrected chi connectivity index (χ2v) is 7.86.